The van der Waals surface area contributed by atoms with Gasteiger partial charge in [0.25, 0.3) is 5.91 Å². The summed E-state index contributed by atoms with van der Waals surface area (Å²) < 4.78 is 13.3. The number of Topliss-reactive ketones (excluding diaryl/α,β-unsaturated/α-hetero) is 1. The molecule has 0 saturated carbocycles. The van der Waals surface area contributed by atoms with Crippen molar-refractivity contribution in [3.8, 4) is 0 Å². The SMILES string of the molecule is O=C(Nc1ccc(F)c([N+](=O)[O-])c1)C(=O)C1C(=O)Nc2ccccc21. The fourth-order valence-electron chi connectivity index (χ4n) is 2.52. The van der Waals surface area contributed by atoms with Gasteiger partial charge in [-0.05, 0) is 23.8 Å². The molecule has 3 rings (SSSR count). The van der Waals surface area contributed by atoms with E-state index in [1.807, 2.05) is 0 Å². The van der Waals surface area contributed by atoms with Crippen LogP contribution in [0.4, 0.5) is 21.5 Å². The quantitative estimate of drug-likeness (QED) is 0.381. The van der Waals surface area contributed by atoms with Crippen LogP contribution in [0, 0.1) is 15.9 Å². The first kappa shape index (κ1) is 16.2. The molecule has 2 amide bonds. The first-order valence-electron chi connectivity index (χ1n) is 7.07. The van der Waals surface area contributed by atoms with E-state index in [2.05, 4.69) is 10.6 Å². The number of carbonyl (C=O) groups is 3. The van der Waals surface area contributed by atoms with Crippen LogP contribution in [-0.2, 0) is 14.4 Å². The number of nitro groups is 1. The monoisotopic (exact) mass is 343 g/mol. The number of hydrogen-bond donors (Lipinski definition) is 2. The number of para-hydroxylation sites is 1. The van der Waals surface area contributed by atoms with Crippen LogP contribution in [0.2, 0.25) is 0 Å². The maximum atomic E-state index is 13.3. The van der Waals surface area contributed by atoms with Crippen LogP contribution in [0.5, 0.6) is 0 Å². The number of nitrogens with one attached hydrogen (secondary N) is 2. The molecule has 1 unspecified atom stereocenters. The second-order valence-corrected chi connectivity index (χ2v) is 5.25. The molecule has 0 aliphatic carbocycles. The predicted molar refractivity (Wildman–Crippen MR) is 84.5 cm³/mol. The van der Waals surface area contributed by atoms with Crippen molar-refractivity contribution in [2.45, 2.75) is 5.92 Å². The summed E-state index contributed by atoms with van der Waals surface area (Å²) in [5.41, 5.74) is -0.152. The van der Waals surface area contributed by atoms with Crippen molar-refractivity contribution < 1.29 is 23.7 Å². The van der Waals surface area contributed by atoms with E-state index in [1.54, 1.807) is 24.3 Å². The van der Waals surface area contributed by atoms with Crippen LogP contribution in [0.15, 0.2) is 42.5 Å². The Balaban J connectivity index is 1.83. The third-order valence-electron chi connectivity index (χ3n) is 3.68. The summed E-state index contributed by atoms with van der Waals surface area (Å²) in [6.07, 6.45) is 0. The smallest absolute Gasteiger partial charge is 0.306 e. The molecular weight excluding hydrogens is 333 g/mol. The third-order valence-corrected chi connectivity index (χ3v) is 3.68. The minimum atomic E-state index is -1.30. The predicted octanol–water partition coefficient (Wildman–Crippen LogP) is 1.98. The zero-order chi connectivity index (χ0) is 18.1. The van der Waals surface area contributed by atoms with Gasteiger partial charge in [-0.1, -0.05) is 18.2 Å². The van der Waals surface area contributed by atoms with E-state index in [1.165, 1.54) is 0 Å². The lowest BCUT2D eigenvalue weighted by molar-refractivity contribution is -0.387. The summed E-state index contributed by atoms with van der Waals surface area (Å²) in [6, 6.07) is 9.12. The summed E-state index contributed by atoms with van der Waals surface area (Å²) in [7, 11) is 0. The summed E-state index contributed by atoms with van der Waals surface area (Å²) in [6.45, 7) is 0. The normalized spacial score (nSPS) is 15.2. The molecule has 126 valence electrons. The topological polar surface area (TPSA) is 118 Å². The van der Waals surface area contributed by atoms with Crippen LogP contribution in [-0.4, -0.2) is 22.5 Å². The highest BCUT2D eigenvalue weighted by molar-refractivity contribution is 6.47. The molecule has 1 aliphatic heterocycles. The van der Waals surface area contributed by atoms with Gasteiger partial charge in [-0.25, -0.2) is 0 Å². The Hall–Kier alpha value is -3.62. The third kappa shape index (κ3) is 2.94. The number of ketones is 1. The molecule has 0 bridgehead atoms. The second kappa shape index (κ2) is 6.11. The highest BCUT2D eigenvalue weighted by Gasteiger charge is 2.39. The van der Waals surface area contributed by atoms with Crippen LogP contribution >= 0.6 is 0 Å². The van der Waals surface area contributed by atoms with Gasteiger partial charge in [-0.2, -0.15) is 4.39 Å². The number of benzene rings is 2. The van der Waals surface area contributed by atoms with E-state index in [-0.39, 0.29) is 5.69 Å². The molecule has 2 aromatic carbocycles. The summed E-state index contributed by atoms with van der Waals surface area (Å²) in [4.78, 5) is 46.2. The lowest BCUT2D eigenvalue weighted by Gasteiger charge is -2.08. The number of halogens is 1. The second-order valence-electron chi connectivity index (χ2n) is 5.25. The van der Waals surface area contributed by atoms with E-state index in [0.29, 0.717) is 11.3 Å². The van der Waals surface area contributed by atoms with Gasteiger partial charge in [0.1, 0.15) is 5.92 Å². The fourth-order valence-corrected chi connectivity index (χ4v) is 2.52. The average molecular weight is 343 g/mol. The molecule has 0 saturated heterocycles. The number of anilines is 2. The molecule has 0 fully saturated rings. The van der Waals surface area contributed by atoms with E-state index in [0.717, 1.165) is 18.2 Å². The van der Waals surface area contributed by atoms with Crippen molar-refractivity contribution >= 4 is 34.7 Å². The first-order valence-corrected chi connectivity index (χ1v) is 7.07. The number of carbonyl (C=O) groups excluding carboxylic acids is 3. The van der Waals surface area contributed by atoms with E-state index in [9.17, 15) is 28.9 Å². The lowest BCUT2D eigenvalue weighted by atomic mass is 9.95. The van der Waals surface area contributed by atoms with Crippen molar-refractivity contribution in [2.75, 3.05) is 10.6 Å². The first-order chi connectivity index (χ1) is 11.9. The fraction of sp³-hybridized carbons (Fsp3) is 0.0625. The van der Waals surface area contributed by atoms with Crippen molar-refractivity contribution in [2.24, 2.45) is 0 Å². The van der Waals surface area contributed by atoms with E-state index >= 15 is 0 Å². The van der Waals surface area contributed by atoms with Gasteiger partial charge < -0.3 is 10.6 Å². The molecular formula is C16H10FN3O5. The van der Waals surface area contributed by atoms with Crippen molar-refractivity contribution in [3.05, 3.63) is 64.0 Å². The molecule has 0 aromatic heterocycles. The highest BCUT2D eigenvalue weighted by atomic mass is 19.1. The van der Waals surface area contributed by atoms with Gasteiger partial charge in [-0.3, -0.25) is 24.5 Å². The molecule has 1 aliphatic rings. The van der Waals surface area contributed by atoms with Gasteiger partial charge in [0.05, 0.1) is 4.92 Å². The molecule has 2 N–H and O–H groups in total. The van der Waals surface area contributed by atoms with E-state index in [4.69, 9.17) is 0 Å². The highest BCUT2D eigenvalue weighted by Crippen LogP contribution is 2.33. The number of rotatable bonds is 4. The zero-order valence-corrected chi connectivity index (χ0v) is 12.5. The Morgan fingerprint density at radius 3 is 2.64 bits per heavy atom. The molecule has 1 atom stereocenters. The molecule has 1 heterocycles. The van der Waals surface area contributed by atoms with Crippen molar-refractivity contribution in [3.63, 3.8) is 0 Å². The average Bonchev–Trinajstić information content (AvgIpc) is 2.91. The largest absolute Gasteiger partial charge is 0.325 e. The van der Waals surface area contributed by atoms with Crippen LogP contribution in [0.1, 0.15) is 11.5 Å². The van der Waals surface area contributed by atoms with Crippen LogP contribution in [0.25, 0.3) is 0 Å². The molecule has 2 aromatic rings. The Bertz CT molecular complexity index is 928. The van der Waals surface area contributed by atoms with Gasteiger partial charge in [0.15, 0.2) is 0 Å². The number of fused-ring (bicyclic) bond motifs is 1. The maximum absolute atomic E-state index is 13.3. The minimum Gasteiger partial charge on any atom is -0.325 e. The summed E-state index contributed by atoms with van der Waals surface area (Å²) >= 11 is 0. The van der Waals surface area contributed by atoms with Crippen LogP contribution < -0.4 is 10.6 Å². The molecule has 9 heteroatoms. The van der Waals surface area contributed by atoms with Crippen molar-refractivity contribution in [1.82, 2.24) is 0 Å². The zero-order valence-electron chi connectivity index (χ0n) is 12.5. The molecule has 25 heavy (non-hydrogen) atoms. The summed E-state index contributed by atoms with van der Waals surface area (Å²) in [5.74, 6) is -5.15. The standard InChI is InChI=1S/C16H10FN3O5/c17-10-6-5-8(7-12(10)20(24)25)18-16(23)14(21)13-9-3-1-2-4-11(9)19-15(13)22/h1-7,13H,(H,18,23)(H,19,22). The van der Waals surface area contributed by atoms with Gasteiger partial charge in [0.2, 0.25) is 17.5 Å². The number of amides is 2. The van der Waals surface area contributed by atoms with Gasteiger partial charge in [0, 0.05) is 17.4 Å². The lowest BCUT2D eigenvalue weighted by Crippen LogP contribution is -2.31. The minimum absolute atomic E-state index is 0.127. The number of nitrogens with zero attached hydrogens (tertiary/aromatic N) is 1. The van der Waals surface area contributed by atoms with Crippen molar-refractivity contribution in [1.29, 1.82) is 0 Å². The molecule has 8 nitrogen and oxygen atoms in total. The Morgan fingerprint density at radius 1 is 1.20 bits per heavy atom. The molecule has 0 radical (unpaired) electrons. The number of hydrogen-bond acceptors (Lipinski definition) is 5. The Kier molecular flexibility index (Phi) is 3.97. The van der Waals surface area contributed by atoms with Crippen LogP contribution in [0.3, 0.4) is 0 Å². The summed E-state index contributed by atoms with van der Waals surface area (Å²) in [5, 5.41) is 15.4. The maximum Gasteiger partial charge on any atom is 0.306 e. The number of nitro benzene ring substituents is 1. The van der Waals surface area contributed by atoms with Gasteiger partial charge in [-0.15, -0.1) is 0 Å². The van der Waals surface area contributed by atoms with E-state index < -0.39 is 39.9 Å². The Labute approximate surface area is 139 Å². The molecule has 0 spiro atoms. The Morgan fingerprint density at radius 2 is 1.92 bits per heavy atom. The van der Waals surface area contributed by atoms with Gasteiger partial charge >= 0.3 is 5.69 Å².